The van der Waals surface area contributed by atoms with Crippen LogP contribution in [0.1, 0.15) is 11.3 Å². The first-order valence-corrected chi connectivity index (χ1v) is 8.63. The number of H-pyrrole nitrogens is 1. The van der Waals surface area contributed by atoms with Crippen LogP contribution in [0.3, 0.4) is 0 Å². The van der Waals surface area contributed by atoms with Crippen molar-refractivity contribution in [2.45, 2.75) is 24.7 Å². The van der Waals surface area contributed by atoms with Crippen LogP contribution in [0.4, 0.5) is 0 Å². The lowest BCUT2D eigenvalue weighted by Crippen LogP contribution is -2.24. The van der Waals surface area contributed by atoms with Gasteiger partial charge in [-0.1, -0.05) is 17.8 Å². The fraction of sp³-hybridized carbons (Fsp3) is 0.462. The van der Waals surface area contributed by atoms with E-state index in [9.17, 15) is 9.59 Å². The monoisotopic (exact) mass is 342 g/mol. The van der Waals surface area contributed by atoms with E-state index in [1.165, 1.54) is 16.3 Å². The van der Waals surface area contributed by atoms with Crippen molar-refractivity contribution in [2.75, 3.05) is 19.5 Å². The number of amides is 1. The van der Waals surface area contributed by atoms with Crippen molar-refractivity contribution in [3.05, 3.63) is 32.9 Å². The molecule has 0 saturated heterocycles. The lowest BCUT2D eigenvalue weighted by Gasteiger charge is -2.05. The number of carbonyl (C=O) groups excluding carboxylic acids is 1. The molecule has 0 aromatic carbocycles. The van der Waals surface area contributed by atoms with Gasteiger partial charge in [0, 0.05) is 25.1 Å². The number of rotatable bonds is 9. The molecule has 0 atom stereocenters. The largest absolute Gasteiger partial charge is 0.385 e. The molecular formula is C13H18N4O3S2. The Morgan fingerprint density at radius 3 is 3.18 bits per heavy atom. The smallest absolute Gasteiger partial charge is 0.343 e. The lowest BCUT2D eigenvalue weighted by molar-refractivity contribution is -0.118. The topological polar surface area (TPSA) is 89.0 Å². The van der Waals surface area contributed by atoms with Crippen LogP contribution in [-0.4, -0.2) is 40.1 Å². The number of hydrogen-bond acceptors (Lipinski definition) is 6. The van der Waals surface area contributed by atoms with Gasteiger partial charge in [-0.2, -0.15) is 0 Å². The molecule has 2 aromatic heterocycles. The molecule has 120 valence electrons. The average molecular weight is 342 g/mol. The summed E-state index contributed by atoms with van der Waals surface area (Å²) in [5.74, 6) is 0.136. The number of hydrogen-bond donors (Lipinski definition) is 2. The third-order valence-corrected chi connectivity index (χ3v) is 4.68. The zero-order valence-electron chi connectivity index (χ0n) is 12.2. The van der Waals surface area contributed by atoms with Crippen molar-refractivity contribution in [1.29, 1.82) is 0 Å². The first-order valence-electron chi connectivity index (χ1n) is 6.76. The number of thioether (sulfide) groups is 1. The summed E-state index contributed by atoms with van der Waals surface area (Å²) in [5, 5.41) is 11.7. The molecule has 0 bridgehead atoms. The van der Waals surface area contributed by atoms with Crippen LogP contribution in [0.15, 0.2) is 27.5 Å². The lowest BCUT2D eigenvalue weighted by atomic mass is 10.4. The van der Waals surface area contributed by atoms with Gasteiger partial charge in [-0.3, -0.25) is 9.36 Å². The summed E-state index contributed by atoms with van der Waals surface area (Å²) in [4.78, 5) is 24.6. The van der Waals surface area contributed by atoms with Gasteiger partial charge in [0.15, 0.2) is 5.16 Å². The highest BCUT2D eigenvalue weighted by atomic mass is 32.2. The van der Waals surface area contributed by atoms with E-state index in [1.807, 2.05) is 17.5 Å². The molecule has 2 aromatic rings. The molecule has 2 heterocycles. The molecule has 0 aliphatic carbocycles. The maximum Gasteiger partial charge on any atom is 0.343 e. The van der Waals surface area contributed by atoms with Gasteiger partial charge in [0.05, 0.1) is 12.3 Å². The molecule has 7 nitrogen and oxygen atoms in total. The highest BCUT2D eigenvalue weighted by molar-refractivity contribution is 7.99. The molecule has 0 unspecified atom stereocenters. The summed E-state index contributed by atoms with van der Waals surface area (Å²) in [6.07, 6.45) is 0.716. The Morgan fingerprint density at radius 1 is 1.59 bits per heavy atom. The maximum atomic E-state index is 11.8. The summed E-state index contributed by atoms with van der Waals surface area (Å²) in [5.41, 5.74) is -0.266. The third-order valence-electron chi connectivity index (χ3n) is 2.83. The number of aromatic nitrogens is 3. The Kier molecular flexibility index (Phi) is 6.69. The van der Waals surface area contributed by atoms with Crippen LogP contribution in [0, 0.1) is 0 Å². The van der Waals surface area contributed by atoms with E-state index >= 15 is 0 Å². The number of nitrogens with zero attached hydrogens (tertiary/aromatic N) is 2. The molecule has 0 fully saturated rings. The minimum absolute atomic E-state index is 0.0858. The van der Waals surface area contributed by atoms with Gasteiger partial charge in [-0.15, -0.1) is 16.4 Å². The van der Waals surface area contributed by atoms with E-state index in [1.54, 1.807) is 18.4 Å². The van der Waals surface area contributed by atoms with Crippen molar-refractivity contribution in [2.24, 2.45) is 0 Å². The second-order valence-electron chi connectivity index (χ2n) is 4.45. The molecule has 0 radical (unpaired) electrons. The SMILES string of the molecule is COCCCn1c(SCC(=O)NCc2cccs2)n[nH]c1=O. The van der Waals surface area contributed by atoms with E-state index < -0.39 is 0 Å². The molecule has 0 aliphatic heterocycles. The Bertz CT molecular complexity index is 636. The van der Waals surface area contributed by atoms with Gasteiger partial charge < -0.3 is 10.1 Å². The first-order chi connectivity index (χ1) is 10.7. The van der Waals surface area contributed by atoms with E-state index in [0.29, 0.717) is 31.3 Å². The second kappa shape index (κ2) is 8.76. The van der Waals surface area contributed by atoms with Gasteiger partial charge in [0.2, 0.25) is 5.91 Å². The highest BCUT2D eigenvalue weighted by Crippen LogP contribution is 2.13. The fourth-order valence-electron chi connectivity index (χ4n) is 1.76. The minimum Gasteiger partial charge on any atom is -0.385 e. The molecule has 9 heteroatoms. The predicted molar refractivity (Wildman–Crippen MR) is 86.2 cm³/mol. The van der Waals surface area contributed by atoms with Gasteiger partial charge in [-0.05, 0) is 17.9 Å². The maximum absolute atomic E-state index is 11.8. The number of aromatic amines is 1. The van der Waals surface area contributed by atoms with Crippen molar-refractivity contribution in [1.82, 2.24) is 20.1 Å². The quantitative estimate of drug-likeness (QED) is 0.526. The Balaban J connectivity index is 1.80. The zero-order valence-corrected chi connectivity index (χ0v) is 13.8. The van der Waals surface area contributed by atoms with Crippen LogP contribution >= 0.6 is 23.1 Å². The first kappa shape index (κ1) is 16.8. The van der Waals surface area contributed by atoms with Crippen LogP contribution in [0.2, 0.25) is 0 Å². The minimum atomic E-state index is -0.266. The normalized spacial score (nSPS) is 10.8. The molecule has 22 heavy (non-hydrogen) atoms. The Hall–Kier alpha value is -1.58. The van der Waals surface area contributed by atoms with Gasteiger partial charge in [0.25, 0.3) is 0 Å². The predicted octanol–water partition coefficient (Wildman–Crippen LogP) is 1.08. The zero-order chi connectivity index (χ0) is 15.8. The molecule has 0 saturated carbocycles. The van der Waals surface area contributed by atoms with Gasteiger partial charge >= 0.3 is 5.69 Å². The Morgan fingerprint density at radius 2 is 2.45 bits per heavy atom. The van der Waals surface area contributed by atoms with E-state index in [2.05, 4.69) is 15.5 Å². The van der Waals surface area contributed by atoms with Crippen molar-refractivity contribution < 1.29 is 9.53 Å². The summed E-state index contributed by atoms with van der Waals surface area (Å²) in [6, 6.07) is 3.92. The number of methoxy groups -OCH3 is 1. The van der Waals surface area contributed by atoms with E-state index in [0.717, 1.165) is 4.88 Å². The van der Waals surface area contributed by atoms with Crippen LogP contribution in [0.5, 0.6) is 0 Å². The van der Waals surface area contributed by atoms with E-state index in [-0.39, 0.29) is 17.3 Å². The van der Waals surface area contributed by atoms with Crippen molar-refractivity contribution >= 4 is 29.0 Å². The highest BCUT2D eigenvalue weighted by Gasteiger charge is 2.11. The number of nitrogens with one attached hydrogen (secondary N) is 2. The second-order valence-corrected chi connectivity index (χ2v) is 6.43. The van der Waals surface area contributed by atoms with Gasteiger partial charge in [0.1, 0.15) is 0 Å². The summed E-state index contributed by atoms with van der Waals surface area (Å²) in [7, 11) is 1.62. The number of thiophene rings is 1. The van der Waals surface area contributed by atoms with Crippen molar-refractivity contribution in [3.63, 3.8) is 0 Å². The molecule has 2 N–H and O–H groups in total. The van der Waals surface area contributed by atoms with Crippen LogP contribution in [-0.2, 0) is 22.6 Å². The van der Waals surface area contributed by atoms with Crippen LogP contribution < -0.4 is 11.0 Å². The standard InChI is InChI=1S/C13H18N4O3S2/c1-20-6-3-5-17-12(19)15-16-13(17)22-9-11(18)14-8-10-4-2-7-21-10/h2,4,7H,3,5-6,8-9H2,1H3,(H,14,18)(H,15,19). The molecule has 0 aliphatic rings. The molecular weight excluding hydrogens is 324 g/mol. The third kappa shape index (κ3) is 5.00. The van der Waals surface area contributed by atoms with Crippen molar-refractivity contribution in [3.8, 4) is 0 Å². The average Bonchev–Trinajstić information content (AvgIpc) is 3.14. The van der Waals surface area contributed by atoms with Gasteiger partial charge in [-0.25, -0.2) is 9.89 Å². The fourth-order valence-corrected chi connectivity index (χ4v) is 3.20. The summed E-state index contributed by atoms with van der Waals surface area (Å²) >= 11 is 2.84. The number of carbonyl (C=O) groups is 1. The van der Waals surface area contributed by atoms with Crippen LogP contribution in [0.25, 0.3) is 0 Å². The molecule has 0 spiro atoms. The summed E-state index contributed by atoms with van der Waals surface area (Å²) in [6.45, 7) is 1.61. The van der Waals surface area contributed by atoms with E-state index in [4.69, 9.17) is 4.74 Å². The summed E-state index contributed by atoms with van der Waals surface area (Å²) < 4.78 is 6.49. The molecule has 1 amide bonds. The number of ether oxygens (including phenoxy) is 1. The molecule has 2 rings (SSSR count). The Labute approximate surface area is 136 Å².